The number of hydrazone groups is 1. The first-order chi connectivity index (χ1) is 13.2. The second-order valence-corrected chi connectivity index (χ2v) is 7.82. The van der Waals surface area contributed by atoms with Gasteiger partial charge in [-0.1, -0.05) is 47.1 Å². The van der Waals surface area contributed by atoms with E-state index in [9.17, 15) is 0 Å². The summed E-state index contributed by atoms with van der Waals surface area (Å²) in [5.41, 5.74) is 10.3. The van der Waals surface area contributed by atoms with E-state index in [1.165, 1.54) is 11.1 Å². The van der Waals surface area contributed by atoms with Crippen molar-refractivity contribution in [3.63, 3.8) is 0 Å². The van der Waals surface area contributed by atoms with E-state index in [1.54, 1.807) is 0 Å². The largest absolute Gasteiger partial charge is 0.266 e. The van der Waals surface area contributed by atoms with Gasteiger partial charge in [-0.3, -0.25) is 5.01 Å². The molecule has 0 unspecified atom stereocenters. The maximum atomic E-state index is 4.54. The number of benzene rings is 2. The molecule has 0 saturated heterocycles. The van der Waals surface area contributed by atoms with E-state index in [0.717, 1.165) is 32.6 Å². The highest BCUT2D eigenvalue weighted by Gasteiger charge is 2.24. The molecule has 138 valence electrons. The number of nitrogens with zero attached hydrogens (tertiary/aromatic N) is 4. The quantitative estimate of drug-likeness (QED) is 0.565. The Morgan fingerprint density at radius 1 is 0.963 bits per heavy atom. The summed E-state index contributed by atoms with van der Waals surface area (Å²) in [6, 6.07) is 16.6. The van der Waals surface area contributed by atoms with Gasteiger partial charge in [0.1, 0.15) is 4.60 Å². The number of halogens is 2. The average molecular weight is 490 g/mol. The Morgan fingerprint density at radius 3 is 2.37 bits per heavy atom. The van der Waals surface area contributed by atoms with Crippen molar-refractivity contribution >= 4 is 37.7 Å². The first-order valence-corrected chi connectivity index (χ1v) is 10.2. The zero-order chi connectivity index (χ0) is 18.8. The molecule has 0 fully saturated rings. The highest BCUT2D eigenvalue weighted by atomic mass is 79.9. The molecule has 4 rings (SSSR count). The van der Waals surface area contributed by atoms with Crippen LogP contribution in [0.4, 0.5) is 0 Å². The van der Waals surface area contributed by atoms with Crippen molar-refractivity contribution in [2.75, 3.05) is 0 Å². The third-order valence-corrected chi connectivity index (χ3v) is 5.69. The van der Waals surface area contributed by atoms with Gasteiger partial charge in [0.2, 0.25) is 0 Å². The van der Waals surface area contributed by atoms with Crippen LogP contribution in [0, 0.1) is 0 Å². The normalized spacial score (nSPS) is 13.6. The fraction of sp³-hybridized carbons (Fsp3) is 0.158. The highest BCUT2D eigenvalue weighted by Crippen LogP contribution is 2.24. The third kappa shape index (κ3) is 3.78. The van der Waals surface area contributed by atoms with Crippen molar-refractivity contribution < 1.29 is 0 Å². The van der Waals surface area contributed by atoms with Gasteiger partial charge in [0.25, 0.3) is 0 Å². The number of hydrogen-bond acceptors (Lipinski definition) is 5. The van der Waals surface area contributed by atoms with Crippen molar-refractivity contribution in [2.24, 2.45) is 5.10 Å². The zero-order valence-corrected chi connectivity index (χ0v) is 17.8. The molecule has 0 aliphatic carbocycles. The van der Waals surface area contributed by atoms with Crippen LogP contribution in [0.5, 0.6) is 0 Å². The highest BCUT2D eigenvalue weighted by molar-refractivity contribution is 9.10. The van der Waals surface area contributed by atoms with Crippen LogP contribution >= 0.6 is 31.9 Å². The van der Waals surface area contributed by atoms with Gasteiger partial charge in [-0.2, -0.15) is 5.10 Å². The summed E-state index contributed by atoms with van der Waals surface area (Å²) in [5, 5.41) is 10.9. The number of hydrazine groups is 2. The zero-order valence-electron chi connectivity index (χ0n) is 14.7. The minimum atomic E-state index is 0.669. The maximum absolute atomic E-state index is 4.54. The van der Waals surface area contributed by atoms with Crippen LogP contribution in [0.25, 0.3) is 5.69 Å². The van der Waals surface area contributed by atoms with E-state index in [0.29, 0.717) is 6.54 Å². The van der Waals surface area contributed by atoms with Crippen molar-refractivity contribution in [2.45, 2.75) is 19.9 Å². The summed E-state index contributed by atoms with van der Waals surface area (Å²) >= 11 is 7.15. The molecule has 2 heterocycles. The average Bonchev–Trinajstić information content (AvgIpc) is 3.30. The van der Waals surface area contributed by atoms with Gasteiger partial charge in [-0.05, 0) is 57.7 Å². The van der Waals surface area contributed by atoms with Crippen molar-refractivity contribution in [3.05, 3.63) is 80.5 Å². The molecule has 0 amide bonds. The molecular weight excluding hydrogens is 472 g/mol. The Hall–Kier alpha value is -2.16. The molecule has 2 N–H and O–H groups in total. The van der Waals surface area contributed by atoms with Crippen LogP contribution in [-0.4, -0.2) is 20.6 Å². The lowest BCUT2D eigenvalue weighted by Gasteiger charge is -2.18. The summed E-state index contributed by atoms with van der Waals surface area (Å²) < 4.78 is 3.79. The Labute approximate surface area is 174 Å². The minimum Gasteiger partial charge on any atom is -0.266 e. The molecule has 0 bridgehead atoms. The lowest BCUT2D eigenvalue weighted by atomic mass is 10.1. The van der Waals surface area contributed by atoms with E-state index >= 15 is 0 Å². The predicted octanol–water partition coefficient (Wildman–Crippen LogP) is 4.15. The summed E-state index contributed by atoms with van der Waals surface area (Å²) in [5.74, 6) is 0.779. The van der Waals surface area contributed by atoms with Gasteiger partial charge in [0.15, 0.2) is 5.84 Å². The number of hydrogen-bond donors (Lipinski definition) is 2. The minimum absolute atomic E-state index is 0.669. The number of amidine groups is 1. The molecular formula is C19H18Br2N6. The standard InChI is InChI=1S/C19H18Br2N6/c1-2-13-5-9-16(10-6-13)27-18(21)17(11-22-27)19-23-24-25-26(19)12-14-3-7-15(20)8-4-14/h3-11,24-25H,2,12H2,1H3. The lowest BCUT2D eigenvalue weighted by Crippen LogP contribution is -2.40. The Balaban J connectivity index is 1.59. The number of aromatic nitrogens is 2. The van der Waals surface area contributed by atoms with E-state index < -0.39 is 0 Å². The van der Waals surface area contributed by atoms with E-state index in [1.807, 2.05) is 28.0 Å². The van der Waals surface area contributed by atoms with Gasteiger partial charge in [0.05, 0.1) is 24.0 Å². The van der Waals surface area contributed by atoms with Gasteiger partial charge in [-0.25, -0.2) is 10.2 Å². The molecule has 1 aliphatic heterocycles. The van der Waals surface area contributed by atoms with Gasteiger partial charge >= 0.3 is 0 Å². The van der Waals surface area contributed by atoms with Crippen molar-refractivity contribution in [1.29, 1.82) is 0 Å². The molecule has 1 aliphatic rings. The lowest BCUT2D eigenvalue weighted by molar-refractivity contribution is 0.288. The fourth-order valence-electron chi connectivity index (χ4n) is 2.88. The fourth-order valence-corrected chi connectivity index (χ4v) is 3.72. The summed E-state index contributed by atoms with van der Waals surface area (Å²) in [6.07, 6.45) is 2.84. The van der Waals surface area contributed by atoms with Crippen LogP contribution in [-0.2, 0) is 13.0 Å². The van der Waals surface area contributed by atoms with Crippen LogP contribution in [0.15, 0.2) is 68.9 Å². The molecule has 2 aromatic carbocycles. The van der Waals surface area contributed by atoms with Gasteiger partial charge in [-0.15, -0.1) is 10.6 Å². The molecule has 6 nitrogen and oxygen atoms in total. The van der Waals surface area contributed by atoms with Crippen LogP contribution in [0.3, 0.4) is 0 Å². The van der Waals surface area contributed by atoms with Crippen LogP contribution in [0.1, 0.15) is 23.6 Å². The smallest absolute Gasteiger partial charge is 0.177 e. The van der Waals surface area contributed by atoms with Crippen LogP contribution < -0.4 is 11.1 Å². The van der Waals surface area contributed by atoms with Gasteiger partial charge < -0.3 is 0 Å². The Kier molecular flexibility index (Phi) is 5.29. The number of rotatable bonds is 5. The molecule has 0 radical (unpaired) electrons. The van der Waals surface area contributed by atoms with Crippen LogP contribution in [0.2, 0.25) is 0 Å². The van der Waals surface area contributed by atoms with Gasteiger partial charge in [0, 0.05) is 4.47 Å². The molecule has 0 spiro atoms. The monoisotopic (exact) mass is 488 g/mol. The molecule has 0 atom stereocenters. The third-order valence-electron chi connectivity index (χ3n) is 4.40. The second-order valence-electron chi connectivity index (χ2n) is 6.15. The molecule has 27 heavy (non-hydrogen) atoms. The summed E-state index contributed by atoms with van der Waals surface area (Å²) in [4.78, 5) is 0. The Bertz CT molecular complexity index is 963. The molecule has 1 aromatic heterocycles. The molecule has 0 saturated carbocycles. The number of nitrogens with one attached hydrogen (secondary N) is 2. The molecule has 8 heteroatoms. The van der Waals surface area contributed by atoms with E-state index in [4.69, 9.17) is 0 Å². The first kappa shape index (κ1) is 18.2. The van der Waals surface area contributed by atoms with Crippen molar-refractivity contribution in [3.8, 4) is 5.69 Å². The first-order valence-electron chi connectivity index (χ1n) is 8.59. The van der Waals surface area contributed by atoms with Crippen molar-refractivity contribution in [1.82, 2.24) is 25.9 Å². The maximum Gasteiger partial charge on any atom is 0.177 e. The second kappa shape index (κ2) is 7.84. The molecule has 3 aromatic rings. The predicted molar refractivity (Wildman–Crippen MR) is 113 cm³/mol. The van der Waals surface area contributed by atoms with E-state index in [-0.39, 0.29) is 0 Å². The SMILES string of the molecule is CCc1ccc(-n2ncc(C3=NNNN3Cc3ccc(Br)cc3)c2Br)cc1. The summed E-state index contributed by atoms with van der Waals surface area (Å²) in [7, 11) is 0. The summed E-state index contributed by atoms with van der Waals surface area (Å²) in [6.45, 7) is 2.82. The topological polar surface area (TPSA) is 57.5 Å². The van der Waals surface area contributed by atoms with E-state index in [2.05, 4.69) is 96.5 Å². The number of aryl methyl sites for hydroxylation is 1. The Morgan fingerprint density at radius 2 is 1.67 bits per heavy atom.